The summed E-state index contributed by atoms with van der Waals surface area (Å²) in [6.07, 6.45) is 8.65. The Morgan fingerprint density at radius 3 is 2.52 bits per heavy atom. The maximum atomic E-state index is 12.3. The lowest BCUT2D eigenvalue weighted by atomic mass is 9.95. The number of Topliss-reactive ketones (excluding diaryl/α,β-unsaturated/α-hetero) is 2. The number of allylic oxidation sites excluding steroid dienone is 4. The molecule has 0 bridgehead atoms. The van der Waals surface area contributed by atoms with E-state index in [1.54, 1.807) is 6.08 Å². The number of hydrogen-bond acceptors (Lipinski definition) is 3. The van der Waals surface area contributed by atoms with Crippen LogP contribution in [0.4, 0.5) is 0 Å². The van der Waals surface area contributed by atoms with Gasteiger partial charge in [-0.05, 0) is 37.3 Å². The molecular formula is C18H29NO2. The molecule has 0 saturated carbocycles. The lowest BCUT2D eigenvalue weighted by molar-refractivity contribution is -0.121. The fourth-order valence-corrected chi connectivity index (χ4v) is 2.52. The number of unbranched alkanes of at least 4 members (excludes halogenated alkanes) is 1. The molecular weight excluding hydrogens is 262 g/mol. The molecule has 1 aliphatic rings. The van der Waals surface area contributed by atoms with Crippen LogP contribution in [-0.2, 0) is 9.59 Å². The first-order valence-electron chi connectivity index (χ1n) is 8.14. The van der Waals surface area contributed by atoms with Crippen molar-refractivity contribution in [2.45, 2.75) is 59.3 Å². The van der Waals surface area contributed by atoms with Gasteiger partial charge in [-0.2, -0.15) is 0 Å². The fourth-order valence-electron chi connectivity index (χ4n) is 2.52. The lowest BCUT2D eigenvalue weighted by Gasteiger charge is -2.12. The molecule has 1 fully saturated rings. The van der Waals surface area contributed by atoms with Crippen molar-refractivity contribution in [3.8, 4) is 0 Å². The molecule has 3 heteroatoms. The summed E-state index contributed by atoms with van der Waals surface area (Å²) in [6.45, 7) is 7.13. The molecule has 1 aliphatic heterocycles. The summed E-state index contributed by atoms with van der Waals surface area (Å²) in [4.78, 5) is 26.8. The molecule has 0 amide bonds. The molecule has 118 valence electrons. The minimum Gasteiger partial charge on any atom is -0.378 e. The molecule has 0 aliphatic carbocycles. The summed E-state index contributed by atoms with van der Waals surface area (Å²) < 4.78 is 0. The predicted octanol–water partition coefficient (Wildman–Crippen LogP) is 3.90. The number of carbonyl (C=O) groups is 2. The summed E-state index contributed by atoms with van der Waals surface area (Å²) in [6, 6.07) is 0. The smallest absolute Gasteiger partial charge is 0.166 e. The molecule has 0 aromatic heterocycles. The first kappa shape index (κ1) is 17.7. The molecule has 21 heavy (non-hydrogen) atoms. The van der Waals surface area contributed by atoms with Gasteiger partial charge in [-0.15, -0.1) is 0 Å². The summed E-state index contributed by atoms with van der Waals surface area (Å²) in [7, 11) is 2.06. The van der Waals surface area contributed by atoms with Gasteiger partial charge in [0.25, 0.3) is 0 Å². The van der Waals surface area contributed by atoms with Gasteiger partial charge < -0.3 is 4.90 Å². The zero-order chi connectivity index (χ0) is 15.8. The number of rotatable bonds is 8. The molecule has 1 saturated heterocycles. The van der Waals surface area contributed by atoms with Crippen molar-refractivity contribution in [3.63, 3.8) is 0 Å². The van der Waals surface area contributed by atoms with Gasteiger partial charge in [0.1, 0.15) is 0 Å². The van der Waals surface area contributed by atoms with Gasteiger partial charge >= 0.3 is 0 Å². The zero-order valence-corrected chi connectivity index (χ0v) is 13.9. The maximum Gasteiger partial charge on any atom is 0.166 e. The molecule has 1 rings (SSSR count). The van der Waals surface area contributed by atoms with E-state index in [0.717, 1.165) is 32.2 Å². The van der Waals surface area contributed by atoms with Crippen molar-refractivity contribution >= 4 is 11.6 Å². The lowest BCUT2D eigenvalue weighted by Crippen LogP contribution is -2.15. The number of nitrogens with zero attached hydrogens (tertiary/aromatic N) is 1. The Balaban J connectivity index is 2.89. The van der Waals surface area contributed by atoms with Crippen LogP contribution in [0.2, 0.25) is 0 Å². The van der Waals surface area contributed by atoms with Crippen LogP contribution in [0.25, 0.3) is 0 Å². The van der Waals surface area contributed by atoms with Crippen molar-refractivity contribution < 1.29 is 9.59 Å². The Morgan fingerprint density at radius 2 is 2.00 bits per heavy atom. The first-order valence-corrected chi connectivity index (χ1v) is 8.14. The number of hydrogen-bond donors (Lipinski definition) is 0. The van der Waals surface area contributed by atoms with E-state index >= 15 is 0 Å². The molecule has 1 heterocycles. The Bertz CT molecular complexity index is 432. The van der Waals surface area contributed by atoms with Gasteiger partial charge in [-0.25, -0.2) is 0 Å². The predicted molar refractivity (Wildman–Crippen MR) is 87.0 cm³/mol. The van der Waals surface area contributed by atoms with Crippen LogP contribution in [-0.4, -0.2) is 30.1 Å². The monoisotopic (exact) mass is 291 g/mol. The van der Waals surface area contributed by atoms with Gasteiger partial charge in [-0.1, -0.05) is 27.2 Å². The standard InChI is InChI=1S/C18H29NO2/c1-5-6-9-17(20)16(18(21)13-14(2)3)11-10-15-8-7-12-19(15)4/h10-11,14H,5-9,12-13H2,1-4H3/b15-10+,16-11-. The van der Waals surface area contributed by atoms with Gasteiger partial charge in [0.05, 0.1) is 5.57 Å². The van der Waals surface area contributed by atoms with E-state index in [4.69, 9.17) is 0 Å². The van der Waals surface area contributed by atoms with E-state index in [1.165, 1.54) is 5.70 Å². The Morgan fingerprint density at radius 1 is 1.29 bits per heavy atom. The largest absolute Gasteiger partial charge is 0.378 e. The highest BCUT2D eigenvalue weighted by molar-refractivity contribution is 6.20. The van der Waals surface area contributed by atoms with Crippen LogP contribution in [0.15, 0.2) is 23.4 Å². The summed E-state index contributed by atoms with van der Waals surface area (Å²) in [5, 5.41) is 0. The van der Waals surface area contributed by atoms with Gasteiger partial charge in [0.2, 0.25) is 0 Å². The van der Waals surface area contributed by atoms with E-state index in [1.807, 2.05) is 19.9 Å². The molecule has 0 N–H and O–H groups in total. The Labute approximate surface area is 129 Å². The molecule has 0 atom stereocenters. The second kappa shape index (κ2) is 8.81. The minimum absolute atomic E-state index is 0.000000000000000222. The third kappa shape index (κ3) is 5.86. The van der Waals surface area contributed by atoms with E-state index in [0.29, 0.717) is 18.4 Å². The normalized spacial score (nSPS) is 17.9. The van der Waals surface area contributed by atoms with E-state index in [2.05, 4.69) is 18.9 Å². The van der Waals surface area contributed by atoms with Crippen molar-refractivity contribution in [2.75, 3.05) is 13.6 Å². The third-order valence-electron chi connectivity index (χ3n) is 3.81. The Kier molecular flexibility index (Phi) is 7.41. The second-order valence-corrected chi connectivity index (χ2v) is 6.31. The molecule has 0 aromatic carbocycles. The van der Waals surface area contributed by atoms with E-state index < -0.39 is 0 Å². The highest BCUT2D eigenvalue weighted by Crippen LogP contribution is 2.20. The second-order valence-electron chi connectivity index (χ2n) is 6.31. The summed E-state index contributed by atoms with van der Waals surface area (Å²) in [5.74, 6) is 0.269. The maximum absolute atomic E-state index is 12.3. The van der Waals surface area contributed by atoms with Crippen LogP contribution >= 0.6 is 0 Å². The molecule has 0 aromatic rings. The van der Waals surface area contributed by atoms with E-state index in [-0.39, 0.29) is 17.5 Å². The van der Waals surface area contributed by atoms with Crippen LogP contribution in [0, 0.1) is 5.92 Å². The molecule has 0 radical (unpaired) electrons. The molecule has 0 unspecified atom stereocenters. The quantitative estimate of drug-likeness (QED) is 0.387. The summed E-state index contributed by atoms with van der Waals surface area (Å²) in [5.41, 5.74) is 1.61. The average Bonchev–Trinajstić information content (AvgIpc) is 2.81. The van der Waals surface area contributed by atoms with Crippen LogP contribution in [0.3, 0.4) is 0 Å². The highest BCUT2D eigenvalue weighted by Gasteiger charge is 2.18. The minimum atomic E-state index is -0.0106. The summed E-state index contributed by atoms with van der Waals surface area (Å²) >= 11 is 0. The highest BCUT2D eigenvalue weighted by atomic mass is 16.1. The number of carbonyl (C=O) groups excluding carboxylic acids is 2. The molecule has 3 nitrogen and oxygen atoms in total. The SMILES string of the molecule is CCCCC(=O)/C(=C/C=C1\CCCN1C)C(=O)CC(C)C. The first-order chi connectivity index (χ1) is 9.95. The van der Waals surface area contributed by atoms with Crippen molar-refractivity contribution in [1.82, 2.24) is 4.90 Å². The van der Waals surface area contributed by atoms with Crippen LogP contribution < -0.4 is 0 Å². The zero-order valence-electron chi connectivity index (χ0n) is 13.9. The van der Waals surface area contributed by atoms with Crippen molar-refractivity contribution in [3.05, 3.63) is 23.4 Å². The fraction of sp³-hybridized carbons (Fsp3) is 0.667. The van der Waals surface area contributed by atoms with Gasteiger partial charge in [0.15, 0.2) is 11.6 Å². The Hall–Kier alpha value is -1.38. The van der Waals surface area contributed by atoms with Crippen LogP contribution in [0.1, 0.15) is 59.3 Å². The third-order valence-corrected chi connectivity index (χ3v) is 3.81. The van der Waals surface area contributed by atoms with E-state index in [9.17, 15) is 9.59 Å². The molecule has 0 spiro atoms. The average molecular weight is 291 g/mol. The number of ketones is 2. The van der Waals surface area contributed by atoms with Crippen LogP contribution in [0.5, 0.6) is 0 Å². The van der Waals surface area contributed by atoms with Gasteiger partial charge in [-0.3, -0.25) is 9.59 Å². The number of likely N-dealkylation sites (tertiary alicyclic amines) is 1. The van der Waals surface area contributed by atoms with Crippen molar-refractivity contribution in [1.29, 1.82) is 0 Å². The van der Waals surface area contributed by atoms with Crippen molar-refractivity contribution in [2.24, 2.45) is 5.92 Å². The topological polar surface area (TPSA) is 37.4 Å². The van der Waals surface area contributed by atoms with Gasteiger partial charge in [0, 0.05) is 32.1 Å².